The fraction of sp³-hybridized carbons (Fsp3) is 0.263. The normalized spacial score (nSPS) is 14.8. The number of H-pyrrole nitrogens is 1. The maximum Gasteiger partial charge on any atom is 0.269 e. The van der Waals surface area contributed by atoms with Gasteiger partial charge in [-0.25, -0.2) is 0 Å². The van der Waals surface area contributed by atoms with Crippen molar-refractivity contribution < 1.29 is 4.92 Å². The Labute approximate surface area is 187 Å². The van der Waals surface area contributed by atoms with Gasteiger partial charge in [0.25, 0.3) is 5.69 Å². The highest BCUT2D eigenvalue weighted by Gasteiger charge is 2.21. The van der Waals surface area contributed by atoms with Crippen LogP contribution in [0.25, 0.3) is 5.69 Å². The molecule has 0 saturated carbocycles. The third-order valence-corrected chi connectivity index (χ3v) is 5.87. The fourth-order valence-corrected chi connectivity index (χ4v) is 4.24. The number of nitro groups is 1. The standard InChI is InChI=1S/C19H18Cl2N6O2S/c20-13-1-6-17(16(21)11-13)26-18(22-23-19(26)30)12-24-7-9-25(10-8-24)14-2-4-15(5-3-14)27(28)29/h1-6,11H,7-10,12H2,(H,23,30). The van der Waals surface area contributed by atoms with Gasteiger partial charge in [-0.2, -0.15) is 5.10 Å². The molecule has 1 aliphatic heterocycles. The molecule has 2 heterocycles. The van der Waals surface area contributed by atoms with Gasteiger partial charge in [0.15, 0.2) is 4.77 Å². The number of aromatic amines is 1. The van der Waals surface area contributed by atoms with E-state index < -0.39 is 0 Å². The van der Waals surface area contributed by atoms with Crippen molar-refractivity contribution in [3.8, 4) is 5.69 Å². The van der Waals surface area contributed by atoms with Crippen LogP contribution in [-0.4, -0.2) is 50.8 Å². The van der Waals surface area contributed by atoms with Gasteiger partial charge in [0.2, 0.25) is 0 Å². The number of nitrogens with zero attached hydrogens (tertiary/aromatic N) is 5. The van der Waals surface area contributed by atoms with Crippen molar-refractivity contribution in [2.45, 2.75) is 6.54 Å². The Balaban J connectivity index is 1.45. The number of aromatic nitrogens is 3. The van der Waals surface area contributed by atoms with Gasteiger partial charge in [-0.05, 0) is 42.5 Å². The average Bonchev–Trinajstić information content (AvgIpc) is 3.09. The molecule has 1 fully saturated rings. The number of anilines is 1. The number of piperazine rings is 1. The Morgan fingerprint density at radius 2 is 1.80 bits per heavy atom. The zero-order chi connectivity index (χ0) is 21.3. The van der Waals surface area contributed by atoms with Gasteiger partial charge >= 0.3 is 0 Å². The molecule has 3 aromatic rings. The van der Waals surface area contributed by atoms with E-state index in [-0.39, 0.29) is 10.6 Å². The SMILES string of the molecule is O=[N+]([O-])c1ccc(N2CCN(Cc3n[nH]c(=S)n3-c3ccc(Cl)cc3Cl)CC2)cc1. The molecule has 2 aromatic carbocycles. The van der Waals surface area contributed by atoms with Gasteiger partial charge in [-0.15, -0.1) is 0 Å². The van der Waals surface area contributed by atoms with E-state index >= 15 is 0 Å². The molecule has 156 valence electrons. The third-order valence-electron chi connectivity index (χ3n) is 5.06. The van der Waals surface area contributed by atoms with E-state index in [0.29, 0.717) is 21.4 Å². The van der Waals surface area contributed by atoms with E-state index in [1.165, 1.54) is 12.1 Å². The summed E-state index contributed by atoms with van der Waals surface area (Å²) >= 11 is 17.8. The van der Waals surface area contributed by atoms with Gasteiger partial charge in [-0.3, -0.25) is 24.7 Å². The molecule has 8 nitrogen and oxygen atoms in total. The minimum absolute atomic E-state index is 0.0982. The van der Waals surface area contributed by atoms with Gasteiger partial charge < -0.3 is 4.90 Å². The number of benzene rings is 2. The summed E-state index contributed by atoms with van der Waals surface area (Å²) in [6, 6.07) is 11.9. The molecule has 0 unspecified atom stereocenters. The Hall–Kier alpha value is -2.46. The van der Waals surface area contributed by atoms with Crippen LogP contribution in [0.15, 0.2) is 42.5 Å². The monoisotopic (exact) mass is 464 g/mol. The zero-order valence-corrected chi connectivity index (χ0v) is 18.1. The molecule has 0 amide bonds. The molecule has 0 spiro atoms. The van der Waals surface area contributed by atoms with E-state index in [1.54, 1.807) is 24.3 Å². The molecule has 4 rings (SSSR count). The summed E-state index contributed by atoms with van der Waals surface area (Å²) in [7, 11) is 0. The highest BCUT2D eigenvalue weighted by atomic mass is 35.5. The summed E-state index contributed by atoms with van der Waals surface area (Å²) in [5.74, 6) is 0.771. The van der Waals surface area contributed by atoms with Gasteiger partial charge in [-0.1, -0.05) is 23.2 Å². The summed E-state index contributed by atoms with van der Waals surface area (Å²) in [6.45, 7) is 3.88. The minimum Gasteiger partial charge on any atom is -0.369 e. The van der Waals surface area contributed by atoms with E-state index in [4.69, 9.17) is 35.4 Å². The summed E-state index contributed by atoms with van der Waals surface area (Å²) in [5.41, 5.74) is 1.82. The number of rotatable bonds is 5. The lowest BCUT2D eigenvalue weighted by Gasteiger charge is -2.35. The minimum atomic E-state index is -0.388. The quantitative estimate of drug-likeness (QED) is 0.340. The van der Waals surface area contributed by atoms with Gasteiger partial charge in [0, 0.05) is 49.0 Å². The summed E-state index contributed by atoms with van der Waals surface area (Å²) in [4.78, 5) is 14.9. The van der Waals surface area contributed by atoms with Crippen LogP contribution in [0.2, 0.25) is 10.0 Å². The van der Waals surface area contributed by atoms with Crippen LogP contribution >= 0.6 is 35.4 Å². The molecular weight excluding hydrogens is 447 g/mol. The molecule has 1 saturated heterocycles. The molecule has 0 bridgehead atoms. The lowest BCUT2D eigenvalue weighted by molar-refractivity contribution is -0.384. The van der Waals surface area contributed by atoms with Crippen LogP contribution in [0.5, 0.6) is 0 Å². The predicted octanol–water partition coefficient (Wildman–Crippen LogP) is 4.47. The second kappa shape index (κ2) is 8.73. The zero-order valence-electron chi connectivity index (χ0n) is 15.8. The molecular formula is C19H18Cl2N6O2S. The van der Waals surface area contributed by atoms with Crippen LogP contribution in [0.3, 0.4) is 0 Å². The number of non-ortho nitro benzene ring substituents is 1. The second-order valence-electron chi connectivity index (χ2n) is 6.91. The van der Waals surface area contributed by atoms with Crippen LogP contribution in [-0.2, 0) is 6.54 Å². The van der Waals surface area contributed by atoms with Crippen molar-refractivity contribution in [3.63, 3.8) is 0 Å². The van der Waals surface area contributed by atoms with Crippen molar-refractivity contribution in [1.29, 1.82) is 0 Å². The van der Waals surface area contributed by atoms with E-state index in [0.717, 1.165) is 43.4 Å². The van der Waals surface area contributed by atoms with E-state index in [9.17, 15) is 10.1 Å². The first-order valence-electron chi connectivity index (χ1n) is 9.26. The van der Waals surface area contributed by atoms with Gasteiger partial charge in [0.05, 0.1) is 22.2 Å². The highest BCUT2D eigenvalue weighted by Crippen LogP contribution is 2.26. The van der Waals surface area contributed by atoms with Crippen molar-refractivity contribution in [2.24, 2.45) is 0 Å². The molecule has 1 aliphatic rings. The maximum absolute atomic E-state index is 10.8. The predicted molar refractivity (Wildman–Crippen MR) is 119 cm³/mol. The summed E-state index contributed by atoms with van der Waals surface area (Å²) < 4.78 is 2.30. The van der Waals surface area contributed by atoms with Crippen LogP contribution in [0.1, 0.15) is 5.82 Å². The van der Waals surface area contributed by atoms with E-state index in [1.807, 2.05) is 10.6 Å². The Morgan fingerprint density at radius 1 is 1.10 bits per heavy atom. The first-order chi connectivity index (χ1) is 14.4. The average molecular weight is 465 g/mol. The largest absolute Gasteiger partial charge is 0.369 e. The number of halogens is 2. The molecule has 0 atom stereocenters. The van der Waals surface area contributed by atoms with Crippen molar-refractivity contribution >= 4 is 46.8 Å². The van der Waals surface area contributed by atoms with Crippen molar-refractivity contribution in [1.82, 2.24) is 19.7 Å². The molecule has 30 heavy (non-hydrogen) atoms. The molecule has 1 aromatic heterocycles. The highest BCUT2D eigenvalue weighted by molar-refractivity contribution is 7.71. The lowest BCUT2D eigenvalue weighted by atomic mass is 10.2. The molecule has 1 N–H and O–H groups in total. The smallest absolute Gasteiger partial charge is 0.269 e. The summed E-state index contributed by atoms with van der Waals surface area (Å²) in [6.07, 6.45) is 0. The summed E-state index contributed by atoms with van der Waals surface area (Å²) in [5, 5.41) is 19.1. The first-order valence-corrected chi connectivity index (χ1v) is 10.4. The maximum atomic E-state index is 10.8. The van der Waals surface area contributed by atoms with Gasteiger partial charge in [0.1, 0.15) is 5.82 Å². The topological polar surface area (TPSA) is 83.2 Å². The number of nitrogens with one attached hydrogen (secondary N) is 1. The van der Waals surface area contributed by atoms with E-state index in [2.05, 4.69) is 20.0 Å². The Kier molecular flexibility index (Phi) is 6.05. The Morgan fingerprint density at radius 3 is 2.43 bits per heavy atom. The molecule has 11 heteroatoms. The first kappa shape index (κ1) is 20.8. The van der Waals surface area contributed by atoms with Crippen LogP contribution in [0.4, 0.5) is 11.4 Å². The van der Waals surface area contributed by atoms with Crippen molar-refractivity contribution in [2.75, 3.05) is 31.1 Å². The second-order valence-corrected chi connectivity index (χ2v) is 8.14. The number of nitro benzene ring substituents is 1. The molecule has 0 aliphatic carbocycles. The van der Waals surface area contributed by atoms with Crippen molar-refractivity contribution in [3.05, 3.63) is 73.2 Å². The molecule has 0 radical (unpaired) electrons. The Bertz CT molecular complexity index is 1120. The third kappa shape index (κ3) is 4.34. The fourth-order valence-electron chi connectivity index (χ4n) is 3.50. The lowest BCUT2D eigenvalue weighted by Crippen LogP contribution is -2.46. The number of hydrogen-bond donors (Lipinski definition) is 1. The van der Waals surface area contributed by atoms with Crippen LogP contribution < -0.4 is 4.90 Å². The van der Waals surface area contributed by atoms with Crippen LogP contribution in [0, 0.1) is 14.9 Å². The number of hydrogen-bond acceptors (Lipinski definition) is 6.